The summed E-state index contributed by atoms with van der Waals surface area (Å²) in [5.74, 6) is -0.574. The number of aryl methyl sites for hydroxylation is 1. The third kappa shape index (κ3) is 10.6. The van der Waals surface area contributed by atoms with Gasteiger partial charge in [0, 0.05) is 12.5 Å². The predicted octanol–water partition coefficient (Wildman–Crippen LogP) is 6.13. The van der Waals surface area contributed by atoms with Crippen LogP contribution in [-0.2, 0) is 35.3 Å². The Bertz CT molecular complexity index is 1760. The third-order valence-electron chi connectivity index (χ3n) is 6.62. The van der Waals surface area contributed by atoms with Gasteiger partial charge >= 0.3 is 18.2 Å². The molecule has 49 heavy (non-hydrogen) atoms. The normalized spacial score (nSPS) is 13.4. The molecule has 0 radical (unpaired) electrons. The van der Waals surface area contributed by atoms with E-state index in [1.54, 1.807) is 70.5 Å². The minimum absolute atomic E-state index is 0.0858. The summed E-state index contributed by atoms with van der Waals surface area (Å²) in [5.41, 5.74) is -1.20. The number of halogens is 3. The minimum Gasteiger partial charge on any atom is -0.569 e. The number of hydrogen-bond donors (Lipinski definition) is 1. The van der Waals surface area contributed by atoms with E-state index in [2.05, 4.69) is 10.4 Å². The quantitative estimate of drug-likeness (QED) is 0.0804. The summed E-state index contributed by atoms with van der Waals surface area (Å²) in [5, 5.41) is 20.9. The lowest BCUT2D eigenvalue weighted by Crippen LogP contribution is -2.48. The van der Waals surface area contributed by atoms with Gasteiger partial charge in [0.25, 0.3) is 16.3 Å². The molecular formula is C31H39F3N6O8S. The average Bonchev–Trinajstić information content (AvgIpc) is 3.44. The molecular weight excluding hydrogens is 673 g/mol. The van der Waals surface area contributed by atoms with Gasteiger partial charge in [-0.2, -0.15) is 18.3 Å². The molecule has 1 amide bonds. The number of hydrazine groups is 1. The second-order valence-electron chi connectivity index (χ2n) is 12.9. The van der Waals surface area contributed by atoms with Crippen LogP contribution in [0, 0.1) is 17.5 Å². The molecule has 1 aromatic heterocycles. The summed E-state index contributed by atoms with van der Waals surface area (Å²) in [6.07, 6.45) is -7.26. The molecule has 18 heteroatoms. The Morgan fingerprint density at radius 3 is 2.16 bits per heavy atom. The number of aromatic nitrogens is 2. The molecule has 0 bridgehead atoms. The molecule has 0 aliphatic carbocycles. The van der Waals surface area contributed by atoms with Gasteiger partial charge in [0.2, 0.25) is 5.28 Å². The minimum atomic E-state index is -4.72. The first-order chi connectivity index (χ1) is 22.5. The van der Waals surface area contributed by atoms with Crippen molar-refractivity contribution in [1.29, 1.82) is 0 Å². The van der Waals surface area contributed by atoms with Gasteiger partial charge in [-0.25, -0.2) is 22.6 Å². The highest BCUT2D eigenvalue weighted by atomic mass is 32.2. The van der Waals surface area contributed by atoms with Gasteiger partial charge in [-0.15, -0.1) is 5.01 Å². The Labute approximate surface area is 282 Å². The van der Waals surface area contributed by atoms with Crippen LogP contribution >= 0.6 is 0 Å². The number of rotatable bonds is 11. The lowest BCUT2D eigenvalue weighted by atomic mass is 9.97. The molecule has 1 unspecified atom stereocenters. The Balaban J connectivity index is 1.67. The zero-order valence-electron chi connectivity index (χ0n) is 28.2. The summed E-state index contributed by atoms with van der Waals surface area (Å²) in [6.45, 7) is 12.4. The first kappa shape index (κ1) is 38.6. The summed E-state index contributed by atoms with van der Waals surface area (Å²) >= 11 is 0. The van der Waals surface area contributed by atoms with Crippen molar-refractivity contribution in [2.75, 3.05) is 13.2 Å². The van der Waals surface area contributed by atoms with Crippen molar-refractivity contribution in [3.63, 3.8) is 0 Å². The molecule has 268 valence electrons. The highest BCUT2D eigenvalue weighted by molar-refractivity contribution is 7.90. The van der Waals surface area contributed by atoms with E-state index in [-0.39, 0.29) is 27.8 Å². The maximum absolute atomic E-state index is 13.5. The van der Waals surface area contributed by atoms with E-state index in [1.165, 1.54) is 19.1 Å². The highest BCUT2D eigenvalue weighted by Gasteiger charge is 2.35. The zero-order chi connectivity index (χ0) is 36.9. The lowest BCUT2D eigenvalue weighted by Gasteiger charge is -2.30. The highest BCUT2D eigenvalue weighted by Crippen LogP contribution is 2.33. The molecule has 0 spiro atoms. The maximum Gasteiger partial charge on any atom is 0.435 e. The van der Waals surface area contributed by atoms with E-state index in [4.69, 9.17) is 14.3 Å². The molecule has 0 saturated heterocycles. The number of nitrogens with zero attached hydrogens (tertiary/aromatic N) is 5. The monoisotopic (exact) mass is 712 g/mol. The van der Waals surface area contributed by atoms with Crippen LogP contribution in [0.5, 0.6) is 0 Å². The molecule has 0 aliphatic rings. The van der Waals surface area contributed by atoms with Crippen molar-refractivity contribution in [3.05, 3.63) is 71.1 Å². The predicted molar refractivity (Wildman–Crippen MR) is 169 cm³/mol. The molecule has 1 atom stereocenters. The van der Waals surface area contributed by atoms with Gasteiger partial charge in [0.1, 0.15) is 13.2 Å². The standard InChI is InChI=1S/C31H39F3N6O8S/c1-20-9-11-22(12-10-20)25-19-26(31(32,33)34)35-39(25)23-13-15-24(16-14-23)49(44,45)36-28(42)46-18-17-38(30(6,7)8)40(43)37-48-21(2)47-27(41)29(3,4)5/h9-16,19,21H,17-18H2,1-8H3,(H,36,42)/b40-37-. The second kappa shape index (κ2) is 14.7. The molecule has 0 aliphatic heterocycles. The number of sulfonamides is 1. The Morgan fingerprint density at radius 2 is 1.63 bits per heavy atom. The van der Waals surface area contributed by atoms with Crippen molar-refractivity contribution in [2.45, 2.75) is 78.3 Å². The van der Waals surface area contributed by atoms with Crippen molar-refractivity contribution >= 4 is 22.1 Å². The number of ether oxygens (including phenoxy) is 2. The lowest BCUT2D eigenvalue weighted by molar-refractivity contribution is -0.727. The van der Waals surface area contributed by atoms with Gasteiger partial charge < -0.3 is 14.7 Å². The fourth-order valence-electron chi connectivity index (χ4n) is 4.01. The number of hydrogen-bond acceptors (Lipinski definition) is 10. The van der Waals surface area contributed by atoms with E-state index < -0.39 is 57.8 Å². The van der Waals surface area contributed by atoms with E-state index in [1.807, 2.05) is 6.92 Å². The molecule has 0 saturated carbocycles. The van der Waals surface area contributed by atoms with Crippen LogP contribution in [0.1, 0.15) is 59.7 Å². The summed E-state index contributed by atoms with van der Waals surface area (Å²) in [7, 11) is -4.48. The van der Waals surface area contributed by atoms with Crippen molar-refractivity contribution < 1.29 is 50.5 Å². The Hall–Kier alpha value is -4.87. The first-order valence-electron chi connectivity index (χ1n) is 14.9. The summed E-state index contributed by atoms with van der Waals surface area (Å²) in [4.78, 5) is 29.1. The van der Waals surface area contributed by atoms with Crippen LogP contribution in [0.25, 0.3) is 16.9 Å². The Kier molecular flexibility index (Phi) is 11.6. The van der Waals surface area contributed by atoms with Crippen LogP contribution in [0.15, 0.2) is 64.8 Å². The summed E-state index contributed by atoms with van der Waals surface area (Å²) in [6, 6.07) is 12.3. The molecule has 2 aromatic carbocycles. The van der Waals surface area contributed by atoms with Crippen molar-refractivity contribution in [2.24, 2.45) is 10.7 Å². The largest absolute Gasteiger partial charge is 0.569 e. The molecule has 1 heterocycles. The number of carbonyl (C=O) groups excluding carboxylic acids is 2. The number of esters is 1. The fraction of sp³-hybridized carbons (Fsp3) is 0.452. The molecule has 3 aromatic rings. The number of amides is 1. The molecule has 1 N–H and O–H groups in total. The van der Waals surface area contributed by atoms with Crippen LogP contribution in [-0.4, -0.2) is 65.2 Å². The van der Waals surface area contributed by atoms with Crippen molar-refractivity contribution in [3.8, 4) is 16.9 Å². The number of benzene rings is 2. The first-order valence-corrected chi connectivity index (χ1v) is 16.3. The molecule has 14 nitrogen and oxygen atoms in total. The second-order valence-corrected chi connectivity index (χ2v) is 14.6. The average molecular weight is 713 g/mol. The van der Waals surface area contributed by atoms with Crippen LogP contribution in [0.3, 0.4) is 0 Å². The molecule has 0 fully saturated rings. The summed E-state index contributed by atoms with van der Waals surface area (Å²) < 4.78 is 79.2. The van der Waals surface area contributed by atoms with Gasteiger partial charge in [-0.3, -0.25) is 9.63 Å². The van der Waals surface area contributed by atoms with Gasteiger partial charge in [0.05, 0.1) is 32.2 Å². The number of nitrogens with one attached hydrogen (secondary N) is 1. The van der Waals surface area contributed by atoms with Gasteiger partial charge in [-0.1, -0.05) is 29.8 Å². The van der Waals surface area contributed by atoms with Gasteiger partial charge in [-0.05, 0) is 78.8 Å². The SMILES string of the molecule is Cc1ccc(-c2cc(C(F)(F)F)nn2-c2ccc(S(=O)(=O)NC(=O)OCCN(/[N+]([O-])=N/OC(C)OC(=O)C(C)(C)C)C(C)(C)C)cc2)cc1. The zero-order valence-corrected chi connectivity index (χ0v) is 29.0. The van der Waals surface area contributed by atoms with Gasteiger partial charge in [0.15, 0.2) is 5.69 Å². The number of alkyl halides is 3. The van der Waals surface area contributed by atoms with Crippen molar-refractivity contribution in [1.82, 2.24) is 19.5 Å². The third-order valence-corrected chi connectivity index (χ3v) is 7.95. The van der Waals surface area contributed by atoms with Crippen LogP contribution < -0.4 is 4.72 Å². The maximum atomic E-state index is 13.5. The van der Waals surface area contributed by atoms with E-state index >= 15 is 0 Å². The molecule has 3 rings (SSSR count). The Morgan fingerprint density at radius 1 is 1.04 bits per heavy atom. The fourth-order valence-corrected chi connectivity index (χ4v) is 4.90. The number of carbonyl (C=O) groups is 2. The van der Waals surface area contributed by atoms with Crippen LogP contribution in [0.4, 0.5) is 18.0 Å². The van der Waals surface area contributed by atoms with E-state index in [9.17, 15) is 36.4 Å². The topological polar surface area (TPSA) is 167 Å². The smallest absolute Gasteiger partial charge is 0.435 e. The van der Waals surface area contributed by atoms with E-state index in [0.29, 0.717) is 5.56 Å². The van der Waals surface area contributed by atoms with E-state index in [0.717, 1.165) is 33.5 Å². The van der Waals surface area contributed by atoms with Crippen LogP contribution in [0.2, 0.25) is 0 Å².